The fraction of sp³-hybridized carbons (Fsp3) is 0.929. The molecule has 18 heavy (non-hydrogen) atoms. The van der Waals surface area contributed by atoms with E-state index in [1.165, 1.54) is 6.42 Å². The summed E-state index contributed by atoms with van der Waals surface area (Å²) >= 11 is 0. The first-order valence-corrected chi connectivity index (χ1v) is 7.38. The highest BCUT2D eigenvalue weighted by atomic mass is 16.5. The molecule has 0 aliphatic carbocycles. The van der Waals surface area contributed by atoms with Gasteiger partial charge in [0.25, 0.3) is 0 Å². The third-order valence-corrected chi connectivity index (χ3v) is 4.25. The van der Waals surface area contributed by atoms with E-state index in [1.54, 1.807) is 0 Å². The van der Waals surface area contributed by atoms with E-state index in [0.717, 1.165) is 45.5 Å². The predicted molar refractivity (Wildman–Crippen MR) is 71.4 cm³/mol. The highest BCUT2D eigenvalue weighted by Crippen LogP contribution is 2.22. The Labute approximate surface area is 110 Å². The Hall–Kier alpha value is -0.610. The average molecular weight is 254 g/mol. The van der Waals surface area contributed by atoms with Crippen molar-refractivity contribution in [2.75, 3.05) is 26.2 Å². The van der Waals surface area contributed by atoms with Crippen LogP contribution in [0.5, 0.6) is 0 Å². The molecular weight excluding hydrogens is 228 g/mol. The molecule has 0 aromatic rings. The Morgan fingerprint density at radius 2 is 2.33 bits per heavy atom. The number of amides is 1. The van der Waals surface area contributed by atoms with Gasteiger partial charge in [-0.2, -0.15) is 0 Å². The number of ether oxygens (including phenoxy) is 1. The Morgan fingerprint density at radius 3 is 3.06 bits per heavy atom. The summed E-state index contributed by atoms with van der Waals surface area (Å²) in [6.07, 6.45) is 5.42. The smallest absolute Gasteiger partial charge is 0.220 e. The molecule has 0 spiro atoms. The first kappa shape index (κ1) is 13.8. The zero-order valence-corrected chi connectivity index (χ0v) is 11.4. The molecule has 3 atom stereocenters. The molecule has 1 amide bonds. The fourth-order valence-corrected chi connectivity index (χ4v) is 3.01. The molecule has 0 radical (unpaired) electrons. The molecule has 2 aliphatic heterocycles. The molecule has 2 rings (SSSR count). The number of carbonyl (C=O) groups is 1. The van der Waals surface area contributed by atoms with Crippen LogP contribution in [0.1, 0.15) is 39.0 Å². The molecule has 2 saturated heterocycles. The Morgan fingerprint density at radius 1 is 1.44 bits per heavy atom. The standard InChI is InChI=1S/C14H26N2O2/c1-2-13-12(6-8-18-13)10-16-14(17)4-3-11-5-7-15-9-11/h11-13,15H,2-10H2,1H3,(H,16,17). The van der Waals surface area contributed by atoms with Crippen LogP contribution in [-0.4, -0.2) is 38.3 Å². The first-order valence-electron chi connectivity index (χ1n) is 7.38. The molecule has 2 aliphatic rings. The van der Waals surface area contributed by atoms with Crippen molar-refractivity contribution in [1.29, 1.82) is 0 Å². The van der Waals surface area contributed by atoms with Gasteiger partial charge < -0.3 is 15.4 Å². The van der Waals surface area contributed by atoms with Crippen molar-refractivity contribution in [3.05, 3.63) is 0 Å². The zero-order valence-electron chi connectivity index (χ0n) is 11.4. The maximum atomic E-state index is 11.8. The minimum absolute atomic E-state index is 0.212. The van der Waals surface area contributed by atoms with Crippen LogP contribution in [0, 0.1) is 11.8 Å². The number of hydrogen-bond acceptors (Lipinski definition) is 3. The molecule has 3 unspecified atom stereocenters. The van der Waals surface area contributed by atoms with Crippen LogP contribution in [0.3, 0.4) is 0 Å². The lowest BCUT2D eigenvalue weighted by molar-refractivity contribution is -0.121. The predicted octanol–water partition coefficient (Wildman–Crippen LogP) is 1.31. The Bertz CT molecular complexity index is 265. The topological polar surface area (TPSA) is 50.4 Å². The molecule has 2 heterocycles. The lowest BCUT2D eigenvalue weighted by Crippen LogP contribution is -2.32. The van der Waals surface area contributed by atoms with Crippen LogP contribution >= 0.6 is 0 Å². The summed E-state index contributed by atoms with van der Waals surface area (Å²) in [7, 11) is 0. The third-order valence-electron chi connectivity index (χ3n) is 4.25. The fourth-order valence-electron chi connectivity index (χ4n) is 3.01. The van der Waals surface area contributed by atoms with E-state index in [2.05, 4.69) is 17.6 Å². The molecule has 0 saturated carbocycles. The van der Waals surface area contributed by atoms with Gasteiger partial charge >= 0.3 is 0 Å². The zero-order chi connectivity index (χ0) is 12.8. The van der Waals surface area contributed by atoms with Crippen molar-refractivity contribution in [2.24, 2.45) is 11.8 Å². The van der Waals surface area contributed by atoms with Gasteiger partial charge in [0.15, 0.2) is 0 Å². The van der Waals surface area contributed by atoms with Crippen molar-refractivity contribution in [2.45, 2.75) is 45.1 Å². The maximum Gasteiger partial charge on any atom is 0.220 e. The average Bonchev–Trinajstić information content (AvgIpc) is 3.04. The van der Waals surface area contributed by atoms with E-state index in [1.807, 2.05) is 0 Å². The first-order chi connectivity index (χ1) is 8.79. The summed E-state index contributed by atoms with van der Waals surface area (Å²) in [5.41, 5.74) is 0. The molecule has 0 aromatic carbocycles. The summed E-state index contributed by atoms with van der Waals surface area (Å²) in [4.78, 5) is 11.8. The number of nitrogens with one attached hydrogen (secondary N) is 2. The van der Waals surface area contributed by atoms with Gasteiger partial charge in [-0.3, -0.25) is 4.79 Å². The highest BCUT2D eigenvalue weighted by Gasteiger charge is 2.26. The number of carbonyl (C=O) groups excluding carboxylic acids is 1. The van der Waals surface area contributed by atoms with Gasteiger partial charge in [-0.15, -0.1) is 0 Å². The monoisotopic (exact) mass is 254 g/mol. The van der Waals surface area contributed by atoms with Crippen LogP contribution < -0.4 is 10.6 Å². The molecule has 2 fully saturated rings. The van der Waals surface area contributed by atoms with Gasteiger partial charge in [-0.05, 0) is 44.7 Å². The van der Waals surface area contributed by atoms with Gasteiger partial charge in [0, 0.05) is 25.5 Å². The van der Waals surface area contributed by atoms with E-state index < -0.39 is 0 Å². The summed E-state index contributed by atoms with van der Waals surface area (Å²) in [6.45, 7) is 6.00. The van der Waals surface area contributed by atoms with Crippen LogP contribution in [-0.2, 0) is 9.53 Å². The number of hydrogen-bond donors (Lipinski definition) is 2. The van der Waals surface area contributed by atoms with Gasteiger partial charge in [0.2, 0.25) is 5.91 Å². The molecule has 4 heteroatoms. The molecular formula is C14H26N2O2. The third kappa shape index (κ3) is 3.95. The minimum Gasteiger partial charge on any atom is -0.378 e. The van der Waals surface area contributed by atoms with Crippen molar-refractivity contribution >= 4 is 5.91 Å². The quantitative estimate of drug-likeness (QED) is 0.751. The number of rotatable bonds is 6. The van der Waals surface area contributed by atoms with E-state index in [-0.39, 0.29) is 5.91 Å². The largest absolute Gasteiger partial charge is 0.378 e. The lowest BCUT2D eigenvalue weighted by atomic mass is 9.99. The summed E-state index contributed by atoms with van der Waals surface area (Å²) in [5, 5.41) is 6.41. The van der Waals surface area contributed by atoms with Crippen molar-refractivity contribution in [1.82, 2.24) is 10.6 Å². The van der Waals surface area contributed by atoms with Gasteiger partial charge in [-0.1, -0.05) is 6.92 Å². The normalized spacial score (nSPS) is 31.7. The SMILES string of the molecule is CCC1OCCC1CNC(=O)CCC1CCNC1. The van der Waals surface area contributed by atoms with Gasteiger partial charge in [0.05, 0.1) is 6.10 Å². The van der Waals surface area contributed by atoms with Crippen molar-refractivity contribution < 1.29 is 9.53 Å². The molecule has 0 bridgehead atoms. The van der Waals surface area contributed by atoms with Crippen molar-refractivity contribution in [3.8, 4) is 0 Å². The lowest BCUT2D eigenvalue weighted by Gasteiger charge is -2.17. The second kappa shape index (κ2) is 7.10. The molecule has 4 nitrogen and oxygen atoms in total. The van der Waals surface area contributed by atoms with E-state index >= 15 is 0 Å². The van der Waals surface area contributed by atoms with Crippen LogP contribution in [0.4, 0.5) is 0 Å². The second-order valence-corrected chi connectivity index (χ2v) is 5.57. The maximum absolute atomic E-state index is 11.8. The molecule has 2 N–H and O–H groups in total. The van der Waals surface area contributed by atoms with E-state index in [0.29, 0.717) is 24.4 Å². The van der Waals surface area contributed by atoms with E-state index in [9.17, 15) is 4.79 Å². The second-order valence-electron chi connectivity index (χ2n) is 5.57. The summed E-state index contributed by atoms with van der Waals surface area (Å²) in [6, 6.07) is 0. The Kier molecular flexibility index (Phi) is 5.45. The summed E-state index contributed by atoms with van der Waals surface area (Å²) < 4.78 is 5.63. The minimum atomic E-state index is 0.212. The highest BCUT2D eigenvalue weighted by molar-refractivity contribution is 5.75. The van der Waals surface area contributed by atoms with Gasteiger partial charge in [0.1, 0.15) is 0 Å². The van der Waals surface area contributed by atoms with Crippen molar-refractivity contribution in [3.63, 3.8) is 0 Å². The van der Waals surface area contributed by atoms with Crippen LogP contribution in [0.15, 0.2) is 0 Å². The van der Waals surface area contributed by atoms with Crippen LogP contribution in [0.25, 0.3) is 0 Å². The molecule has 0 aromatic heterocycles. The molecule has 104 valence electrons. The summed E-state index contributed by atoms with van der Waals surface area (Å²) in [5.74, 6) is 1.43. The van der Waals surface area contributed by atoms with Crippen LogP contribution in [0.2, 0.25) is 0 Å². The Balaban J connectivity index is 1.59. The van der Waals surface area contributed by atoms with E-state index in [4.69, 9.17) is 4.74 Å². The van der Waals surface area contributed by atoms with Gasteiger partial charge in [-0.25, -0.2) is 0 Å².